The van der Waals surface area contributed by atoms with Gasteiger partial charge in [-0.2, -0.15) is 5.10 Å². The van der Waals surface area contributed by atoms with E-state index < -0.39 is 0 Å². The van der Waals surface area contributed by atoms with Gasteiger partial charge in [0.15, 0.2) is 5.78 Å². The number of aromatic nitrogens is 2. The quantitative estimate of drug-likeness (QED) is 0.476. The van der Waals surface area contributed by atoms with Gasteiger partial charge < -0.3 is 14.5 Å². The molecule has 0 spiro atoms. The van der Waals surface area contributed by atoms with Crippen molar-refractivity contribution in [2.24, 2.45) is 0 Å². The topological polar surface area (TPSA) is 78.5 Å². The molecule has 2 aliphatic rings. The Balaban J connectivity index is 1.48. The summed E-state index contributed by atoms with van der Waals surface area (Å²) < 4.78 is 5.42. The van der Waals surface area contributed by atoms with Crippen molar-refractivity contribution in [3.8, 4) is 11.3 Å². The highest BCUT2D eigenvalue weighted by Crippen LogP contribution is 2.43. The van der Waals surface area contributed by atoms with Crippen LogP contribution in [0.25, 0.3) is 11.3 Å². The molecule has 188 valence electrons. The molecule has 1 unspecified atom stereocenters. The molecule has 2 aliphatic heterocycles. The first kappa shape index (κ1) is 24.5. The summed E-state index contributed by atoms with van der Waals surface area (Å²) in [5, 5.41) is 7.89. The summed E-state index contributed by atoms with van der Waals surface area (Å²) in [4.78, 5) is 30.8. The molecule has 0 bridgehead atoms. The number of Topliss-reactive ketones (excluding diaryl/α,β-unsaturated/α-hetero) is 1. The van der Waals surface area contributed by atoms with Crippen LogP contribution in [0.5, 0.6) is 0 Å². The van der Waals surface area contributed by atoms with Crippen molar-refractivity contribution in [1.29, 1.82) is 0 Å². The van der Waals surface area contributed by atoms with Crippen LogP contribution in [0, 0.1) is 0 Å². The molecule has 36 heavy (non-hydrogen) atoms. The van der Waals surface area contributed by atoms with E-state index in [0.717, 1.165) is 28.1 Å². The zero-order valence-electron chi connectivity index (χ0n) is 20.7. The van der Waals surface area contributed by atoms with E-state index in [9.17, 15) is 9.59 Å². The molecule has 0 saturated carbocycles. The number of carbonyl (C=O) groups excluding carboxylic acids is 2. The van der Waals surface area contributed by atoms with Crippen LogP contribution in [0.3, 0.4) is 0 Å². The number of benzene rings is 2. The molecule has 0 radical (unpaired) electrons. The fourth-order valence-corrected chi connectivity index (χ4v) is 5.47. The number of nitrogens with zero attached hydrogens (tertiary/aromatic N) is 3. The van der Waals surface area contributed by atoms with Crippen LogP contribution in [0.15, 0.2) is 48.7 Å². The molecular formula is C28H31ClN4O3. The van der Waals surface area contributed by atoms with E-state index in [1.54, 1.807) is 18.3 Å². The monoisotopic (exact) mass is 506 g/mol. The lowest BCUT2D eigenvalue weighted by Crippen LogP contribution is -2.45. The predicted octanol–water partition coefficient (Wildman–Crippen LogP) is 4.54. The van der Waals surface area contributed by atoms with Gasteiger partial charge in [-0.1, -0.05) is 23.7 Å². The molecule has 2 aromatic carbocycles. The number of nitrogens with one attached hydrogen (secondary N) is 1. The Morgan fingerprint density at radius 1 is 1.14 bits per heavy atom. The Kier molecular flexibility index (Phi) is 7.12. The molecule has 1 saturated heterocycles. The molecule has 3 heterocycles. The van der Waals surface area contributed by atoms with Gasteiger partial charge in [0.2, 0.25) is 5.91 Å². The third-order valence-electron chi connectivity index (χ3n) is 7.02. The van der Waals surface area contributed by atoms with Crippen molar-refractivity contribution >= 4 is 29.0 Å². The van der Waals surface area contributed by atoms with E-state index in [0.29, 0.717) is 56.2 Å². The number of H-pyrrole nitrogens is 1. The molecule has 1 atom stereocenters. The number of ether oxygens (including phenoxy) is 1. The maximum Gasteiger partial charge on any atom is 0.224 e. The third-order valence-corrected chi connectivity index (χ3v) is 7.27. The minimum atomic E-state index is 0.0265. The lowest BCUT2D eigenvalue weighted by Gasteiger charge is -2.34. The lowest BCUT2D eigenvalue weighted by molar-refractivity contribution is -0.135. The van der Waals surface area contributed by atoms with Gasteiger partial charge >= 0.3 is 0 Å². The smallest absolute Gasteiger partial charge is 0.224 e. The first-order chi connectivity index (χ1) is 17.4. The van der Waals surface area contributed by atoms with Gasteiger partial charge in [0.1, 0.15) is 0 Å². The first-order valence-electron chi connectivity index (χ1n) is 12.5. The second-order valence-corrected chi connectivity index (χ2v) is 10.2. The normalized spacial score (nSPS) is 17.5. The summed E-state index contributed by atoms with van der Waals surface area (Å²) in [5.74, 6) is 0.203. The summed E-state index contributed by atoms with van der Waals surface area (Å²) in [5.41, 5.74) is 5.56. The number of amides is 1. The fourth-order valence-electron chi connectivity index (χ4n) is 5.35. The summed E-state index contributed by atoms with van der Waals surface area (Å²) in [6.07, 6.45) is 3.17. The second-order valence-electron chi connectivity index (χ2n) is 9.78. The minimum absolute atomic E-state index is 0.0265. The van der Waals surface area contributed by atoms with Gasteiger partial charge in [0, 0.05) is 66.0 Å². The van der Waals surface area contributed by atoms with Gasteiger partial charge in [-0.05, 0) is 61.7 Å². The van der Waals surface area contributed by atoms with Crippen LogP contribution in [0.2, 0.25) is 5.02 Å². The zero-order chi connectivity index (χ0) is 25.2. The Morgan fingerprint density at radius 2 is 1.89 bits per heavy atom. The number of ketones is 1. The van der Waals surface area contributed by atoms with Crippen LogP contribution in [-0.4, -0.2) is 65.2 Å². The molecule has 1 aromatic heterocycles. The maximum atomic E-state index is 13.4. The largest absolute Gasteiger partial charge is 0.378 e. The molecule has 8 heteroatoms. The van der Waals surface area contributed by atoms with Crippen LogP contribution < -0.4 is 4.90 Å². The number of rotatable bonds is 7. The van der Waals surface area contributed by atoms with E-state index in [-0.39, 0.29) is 23.8 Å². The first-order valence-corrected chi connectivity index (χ1v) is 12.9. The Labute approximate surface area is 216 Å². The van der Waals surface area contributed by atoms with Crippen LogP contribution in [-0.2, 0) is 22.4 Å². The van der Waals surface area contributed by atoms with Crippen molar-refractivity contribution in [3.05, 3.63) is 70.4 Å². The van der Waals surface area contributed by atoms with Gasteiger partial charge in [0.25, 0.3) is 0 Å². The Bertz CT molecular complexity index is 1230. The molecular weight excluding hydrogens is 476 g/mol. The van der Waals surface area contributed by atoms with E-state index in [1.807, 2.05) is 35.2 Å². The average molecular weight is 507 g/mol. The molecule has 1 fully saturated rings. The van der Waals surface area contributed by atoms with Gasteiger partial charge in [0.05, 0.1) is 18.9 Å². The number of halogens is 1. The van der Waals surface area contributed by atoms with Crippen molar-refractivity contribution in [2.45, 2.75) is 45.2 Å². The fraction of sp³-hybridized carbons (Fsp3) is 0.393. The number of hydrogen-bond donors (Lipinski definition) is 1. The van der Waals surface area contributed by atoms with E-state index in [1.165, 1.54) is 0 Å². The van der Waals surface area contributed by atoms with E-state index in [4.69, 9.17) is 16.3 Å². The average Bonchev–Trinajstić information content (AvgIpc) is 3.53. The molecule has 7 nitrogen and oxygen atoms in total. The lowest BCUT2D eigenvalue weighted by atomic mass is 9.95. The number of aromatic amines is 1. The van der Waals surface area contributed by atoms with Crippen molar-refractivity contribution in [3.63, 3.8) is 0 Å². The van der Waals surface area contributed by atoms with Crippen molar-refractivity contribution < 1.29 is 14.3 Å². The highest BCUT2D eigenvalue weighted by atomic mass is 35.5. The SMILES string of the molecule is CC(C)N1c2c(cc(C(=O)Cc3ccc(Cl)cc3)cc2-c2ccn[nH]2)CC1CC(=O)N1CCOCC1. The molecule has 3 aromatic rings. The van der Waals surface area contributed by atoms with E-state index >= 15 is 0 Å². The second kappa shape index (κ2) is 10.4. The van der Waals surface area contributed by atoms with Crippen LogP contribution in [0.4, 0.5) is 5.69 Å². The molecule has 0 aliphatic carbocycles. The number of morpholine rings is 1. The summed E-state index contributed by atoms with van der Waals surface area (Å²) >= 11 is 6.01. The van der Waals surface area contributed by atoms with E-state index in [2.05, 4.69) is 28.9 Å². The standard InChI is InChI=1S/C28H31ClN4O3/c1-18(2)33-23(17-27(35)32-9-11-36-12-10-32)15-21-14-20(16-24(28(21)33)25-7-8-30-31-25)26(34)13-19-3-5-22(29)6-4-19/h3-8,14,16,18,23H,9-13,15,17H2,1-2H3,(H,30,31). The summed E-state index contributed by atoms with van der Waals surface area (Å²) in [6.45, 7) is 6.77. The van der Waals surface area contributed by atoms with Crippen LogP contribution >= 0.6 is 11.6 Å². The molecule has 5 rings (SSSR count). The highest BCUT2D eigenvalue weighted by molar-refractivity contribution is 6.30. The highest BCUT2D eigenvalue weighted by Gasteiger charge is 2.36. The Hall–Kier alpha value is -3.16. The maximum absolute atomic E-state index is 13.4. The molecule has 1 amide bonds. The number of fused-ring (bicyclic) bond motifs is 1. The zero-order valence-corrected chi connectivity index (χ0v) is 21.4. The number of anilines is 1. The van der Waals surface area contributed by atoms with Gasteiger partial charge in [-0.25, -0.2) is 0 Å². The van der Waals surface area contributed by atoms with Crippen LogP contribution in [0.1, 0.15) is 41.8 Å². The summed E-state index contributed by atoms with van der Waals surface area (Å²) in [6, 6.07) is 13.5. The van der Waals surface area contributed by atoms with Crippen molar-refractivity contribution in [1.82, 2.24) is 15.1 Å². The predicted molar refractivity (Wildman–Crippen MR) is 141 cm³/mol. The number of hydrogen-bond acceptors (Lipinski definition) is 5. The minimum Gasteiger partial charge on any atom is -0.378 e. The summed E-state index contributed by atoms with van der Waals surface area (Å²) in [7, 11) is 0. The number of carbonyl (C=O) groups is 2. The van der Waals surface area contributed by atoms with Crippen molar-refractivity contribution in [2.75, 3.05) is 31.2 Å². The Morgan fingerprint density at radius 3 is 2.56 bits per heavy atom. The third kappa shape index (κ3) is 5.04. The molecule has 1 N–H and O–H groups in total. The van der Waals surface area contributed by atoms with Gasteiger partial charge in [-0.15, -0.1) is 0 Å². The van der Waals surface area contributed by atoms with Gasteiger partial charge in [-0.3, -0.25) is 14.7 Å².